The Balaban J connectivity index is 0.00000400. The Hall–Kier alpha value is -3.69. The van der Waals surface area contributed by atoms with Crippen molar-refractivity contribution in [1.82, 2.24) is 10.2 Å². The minimum atomic E-state index is -0.870. The fourth-order valence-corrected chi connectivity index (χ4v) is 5.11. The Morgan fingerprint density at radius 2 is 1.74 bits per heavy atom. The first-order valence-corrected chi connectivity index (χ1v) is 12.3. The molecule has 2 aliphatic rings. The minimum Gasteiger partial charge on any atom is -0.466 e. The highest BCUT2D eigenvalue weighted by Crippen LogP contribution is 2.40. The summed E-state index contributed by atoms with van der Waals surface area (Å²) in [4.78, 5) is 39.7. The van der Waals surface area contributed by atoms with Gasteiger partial charge in [0.15, 0.2) is 0 Å². The van der Waals surface area contributed by atoms with E-state index in [4.69, 9.17) is 9.47 Å². The second-order valence-electron chi connectivity index (χ2n) is 9.37. The third-order valence-corrected chi connectivity index (χ3v) is 6.78. The van der Waals surface area contributed by atoms with E-state index in [9.17, 15) is 19.7 Å². The average Bonchev–Trinajstić information content (AvgIpc) is 2.88. The van der Waals surface area contributed by atoms with Gasteiger partial charge in [-0.2, -0.15) is 0 Å². The van der Waals surface area contributed by atoms with Gasteiger partial charge in [0.2, 0.25) is 0 Å². The highest BCUT2D eigenvalue weighted by Gasteiger charge is 2.39. The maximum absolute atomic E-state index is 13.7. The standard InChI is InChI=1S/C28H31N3O6.ClH/c1-18-24(27(32)36-3)26(21-11-7-12-22(15-21)31(34)35)25(19(2)29-18)28(33)37-23-13-8-14-30(17-23)16-20-9-5-4-6-10-20;/h4-7,9-12,15,23,26,29H,8,13-14,16-17H2,1-3H3;1H/t23-,26+;/m1./s1. The van der Waals surface area contributed by atoms with E-state index in [0.717, 1.165) is 25.9 Å². The van der Waals surface area contributed by atoms with Crippen LogP contribution in [-0.4, -0.2) is 48.1 Å². The molecule has 4 rings (SSSR count). The fourth-order valence-electron chi connectivity index (χ4n) is 5.11. The number of allylic oxidation sites excluding steroid dienone is 2. The highest BCUT2D eigenvalue weighted by molar-refractivity contribution is 6.00. The van der Waals surface area contributed by atoms with Crippen molar-refractivity contribution in [3.05, 3.63) is 98.4 Å². The quantitative estimate of drug-likeness (QED) is 0.307. The van der Waals surface area contributed by atoms with Crippen LogP contribution >= 0.6 is 12.4 Å². The van der Waals surface area contributed by atoms with Gasteiger partial charge in [-0.05, 0) is 44.4 Å². The first kappa shape index (κ1) is 28.9. The van der Waals surface area contributed by atoms with Gasteiger partial charge in [-0.25, -0.2) is 9.59 Å². The number of nitro benzene ring substituents is 1. The number of hydrogen-bond donors (Lipinski definition) is 1. The van der Waals surface area contributed by atoms with E-state index in [-0.39, 0.29) is 35.3 Å². The first-order valence-electron chi connectivity index (χ1n) is 12.3. The summed E-state index contributed by atoms with van der Waals surface area (Å²) in [6.45, 7) is 5.73. The summed E-state index contributed by atoms with van der Waals surface area (Å²) < 4.78 is 11.0. The predicted molar refractivity (Wildman–Crippen MR) is 144 cm³/mol. The van der Waals surface area contributed by atoms with E-state index >= 15 is 0 Å². The topological polar surface area (TPSA) is 111 Å². The van der Waals surface area contributed by atoms with Gasteiger partial charge in [-0.3, -0.25) is 15.0 Å². The molecule has 0 aliphatic carbocycles. The van der Waals surface area contributed by atoms with Crippen LogP contribution in [-0.2, 0) is 25.6 Å². The summed E-state index contributed by atoms with van der Waals surface area (Å²) in [5, 5.41) is 14.6. The number of piperidine rings is 1. The van der Waals surface area contributed by atoms with Crippen molar-refractivity contribution in [2.75, 3.05) is 20.2 Å². The van der Waals surface area contributed by atoms with Gasteiger partial charge in [0, 0.05) is 36.6 Å². The molecule has 2 aliphatic heterocycles. The summed E-state index contributed by atoms with van der Waals surface area (Å²) in [5.74, 6) is -2.04. The molecule has 10 heteroatoms. The van der Waals surface area contributed by atoms with Crippen molar-refractivity contribution < 1.29 is 24.0 Å². The first-order chi connectivity index (χ1) is 17.8. The molecule has 2 aromatic rings. The molecule has 1 N–H and O–H groups in total. The molecule has 0 unspecified atom stereocenters. The molecular formula is C28H32ClN3O6. The summed E-state index contributed by atoms with van der Waals surface area (Å²) in [7, 11) is 1.26. The number of likely N-dealkylation sites (tertiary alicyclic amines) is 1. The van der Waals surface area contributed by atoms with E-state index in [1.165, 1.54) is 24.8 Å². The highest BCUT2D eigenvalue weighted by atomic mass is 35.5. The summed E-state index contributed by atoms with van der Waals surface area (Å²) in [5.41, 5.74) is 3.01. The van der Waals surface area contributed by atoms with Crippen LogP contribution in [0.1, 0.15) is 43.7 Å². The molecule has 9 nitrogen and oxygen atoms in total. The lowest BCUT2D eigenvalue weighted by molar-refractivity contribution is -0.384. The Kier molecular flexibility index (Phi) is 9.66. The van der Waals surface area contributed by atoms with Gasteiger partial charge in [-0.1, -0.05) is 42.5 Å². The van der Waals surface area contributed by atoms with E-state index in [0.29, 0.717) is 23.5 Å². The smallest absolute Gasteiger partial charge is 0.337 e. The van der Waals surface area contributed by atoms with Crippen molar-refractivity contribution in [3.8, 4) is 0 Å². The number of nitrogens with zero attached hydrogens (tertiary/aromatic N) is 2. The number of hydrogen-bond acceptors (Lipinski definition) is 8. The van der Waals surface area contributed by atoms with Crippen molar-refractivity contribution in [3.63, 3.8) is 0 Å². The molecule has 0 aromatic heterocycles. The molecule has 2 atom stereocenters. The number of non-ortho nitro benzene ring substituents is 1. The zero-order valence-electron chi connectivity index (χ0n) is 21.6. The SMILES string of the molecule is COC(=O)C1=C(C)NC(C)=C(C(=O)O[C@@H]2CCCN(Cc3ccccc3)C2)[C@H]1c1cccc([N+](=O)[O-])c1.Cl. The van der Waals surface area contributed by atoms with E-state index < -0.39 is 22.8 Å². The van der Waals surface area contributed by atoms with Crippen LogP contribution in [0.2, 0.25) is 0 Å². The van der Waals surface area contributed by atoms with Crippen LogP contribution in [0.15, 0.2) is 77.1 Å². The molecule has 1 fully saturated rings. The van der Waals surface area contributed by atoms with E-state index in [2.05, 4.69) is 22.3 Å². The molecule has 2 aromatic carbocycles. The van der Waals surface area contributed by atoms with Gasteiger partial charge < -0.3 is 14.8 Å². The Morgan fingerprint density at radius 3 is 2.39 bits per heavy atom. The number of carbonyl (C=O) groups is 2. The lowest BCUT2D eigenvalue weighted by atomic mass is 9.80. The van der Waals surface area contributed by atoms with Crippen LogP contribution < -0.4 is 5.32 Å². The fraction of sp³-hybridized carbons (Fsp3) is 0.357. The largest absolute Gasteiger partial charge is 0.466 e. The van der Waals surface area contributed by atoms with Crippen LogP contribution in [0.25, 0.3) is 0 Å². The van der Waals surface area contributed by atoms with Crippen LogP contribution in [0.4, 0.5) is 5.69 Å². The molecule has 0 spiro atoms. The van der Waals surface area contributed by atoms with Crippen molar-refractivity contribution in [2.45, 2.75) is 45.3 Å². The number of halogens is 1. The zero-order valence-corrected chi connectivity index (χ0v) is 22.5. The molecule has 202 valence electrons. The number of carbonyl (C=O) groups excluding carboxylic acids is 2. The second-order valence-corrected chi connectivity index (χ2v) is 9.37. The lowest BCUT2D eigenvalue weighted by Crippen LogP contribution is -2.41. The van der Waals surface area contributed by atoms with E-state index in [1.807, 2.05) is 18.2 Å². The molecular weight excluding hydrogens is 510 g/mol. The monoisotopic (exact) mass is 541 g/mol. The van der Waals surface area contributed by atoms with Gasteiger partial charge in [0.1, 0.15) is 6.10 Å². The number of rotatable bonds is 7. The number of ether oxygens (including phenoxy) is 2. The molecule has 0 saturated carbocycles. The lowest BCUT2D eigenvalue weighted by Gasteiger charge is -2.34. The summed E-state index contributed by atoms with van der Waals surface area (Å²) in [6.07, 6.45) is 1.31. The maximum atomic E-state index is 13.7. The van der Waals surface area contributed by atoms with Crippen LogP contribution in [0.3, 0.4) is 0 Å². The molecule has 0 bridgehead atoms. The van der Waals surface area contributed by atoms with Gasteiger partial charge in [-0.15, -0.1) is 12.4 Å². The second kappa shape index (κ2) is 12.7. The zero-order chi connectivity index (χ0) is 26.5. The number of benzene rings is 2. The Morgan fingerprint density at radius 1 is 1.05 bits per heavy atom. The van der Waals surface area contributed by atoms with Crippen molar-refractivity contribution in [1.29, 1.82) is 0 Å². The van der Waals surface area contributed by atoms with Gasteiger partial charge in [0.25, 0.3) is 5.69 Å². The molecule has 38 heavy (non-hydrogen) atoms. The maximum Gasteiger partial charge on any atom is 0.337 e. The third-order valence-electron chi connectivity index (χ3n) is 6.78. The van der Waals surface area contributed by atoms with Crippen molar-refractivity contribution >= 4 is 30.0 Å². The number of dihydropyridines is 1. The molecule has 0 radical (unpaired) electrons. The Bertz CT molecular complexity index is 1260. The van der Waals surface area contributed by atoms with Crippen molar-refractivity contribution in [2.24, 2.45) is 0 Å². The number of esters is 2. The Labute approximate surface area is 228 Å². The van der Waals surface area contributed by atoms with Gasteiger partial charge >= 0.3 is 11.9 Å². The molecule has 1 saturated heterocycles. The molecule has 0 amide bonds. The van der Waals surface area contributed by atoms with Crippen LogP contribution in [0, 0.1) is 10.1 Å². The summed E-state index contributed by atoms with van der Waals surface area (Å²) >= 11 is 0. The number of nitrogens with one attached hydrogen (secondary N) is 1. The van der Waals surface area contributed by atoms with Crippen LogP contribution in [0.5, 0.6) is 0 Å². The normalized spacial score (nSPS) is 19.8. The predicted octanol–water partition coefficient (Wildman–Crippen LogP) is 4.63. The third kappa shape index (κ3) is 6.41. The minimum absolute atomic E-state index is 0. The average molecular weight is 542 g/mol. The van der Waals surface area contributed by atoms with Gasteiger partial charge in [0.05, 0.1) is 29.1 Å². The van der Waals surface area contributed by atoms with E-state index in [1.54, 1.807) is 26.0 Å². The number of nitro groups is 1. The summed E-state index contributed by atoms with van der Waals surface area (Å²) in [6, 6.07) is 16.1. The number of methoxy groups -OCH3 is 1. The molecule has 2 heterocycles.